The lowest BCUT2D eigenvalue weighted by Gasteiger charge is -2.21. The van der Waals surface area contributed by atoms with Crippen LogP contribution >= 0.6 is 0 Å². The monoisotopic (exact) mass is 246 g/mol. The zero-order chi connectivity index (χ0) is 12.4. The van der Waals surface area contributed by atoms with Crippen LogP contribution in [0.25, 0.3) is 0 Å². The Kier molecular flexibility index (Phi) is 3.64. The van der Waals surface area contributed by atoms with Crippen molar-refractivity contribution in [2.24, 2.45) is 11.8 Å². The first-order valence-corrected chi connectivity index (χ1v) is 7.01. The third kappa shape index (κ3) is 2.44. The van der Waals surface area contributed by atoms with E-state index in [1.165, 1.54) is 24.8 Å². The summed E-state index contributed by atoms with van der Waals surface area (Å²) in [5.74, 6) is 6.27. The van der Waals surface area contributed by atoms with E-state index in [4.69, 9.17) is 10.6 Å². The summed E-state index contributed by atoms with van der Waals surface area (Å²) in [7, 11) is 0. The molecule has 1 saturated heterocycles. The van der Waals surface area contributed by atoms with Crippen molar-refractivity contribution in [3.63, 3.8) is 0 Å². The number of hydrazine groups is 1. The van der Waals surface area contributed by atoms with Crippen LogP contribution in [-0.4, -0.2) is 19.3 Å². The maximum atomic E-state index is 5.71. The van der Waals surface area contributed by atoms with Gasteiger partial charge in [-0.25, -0.2) is 0 Å². The molecule has 0 aromatic heterocycles. The zero-order valence-electron chi connectivity index (χ0n) is 10.8. The fraction of sp³-hybridized carbons (Fsp3) is 0.600. The highest BCUT2D eigenvalue weighted by Gasteiger charge is 2.25. The van der Waals surface area contributed by atoms with Gasteiger partial charge in [0.15, 0.2) is 0 Å². The summed E-state index contributed by atoms with van der Waals surface area (Å²) in [5.41, 5.74) is 7.48. The number of fused-ring (bicyclic) bond motifs is 1. The van der Waals surface area contributed by atoms with Crippen LogP contribution < -0.4 is 11.3 Å². The van der Waals surface area contributed by atoms with Gasteiger partial charge in [-0.1, -0.05) is 18.2 Å². The number of nitrogens with two attached hydrogens (primary N) is 1. The Morgan fingerprint density at radius 2 is 2.22 bits per heavy atom. The van der Waals surface area contributed by atoms with Crippen LogP contribution in [0.5, 0.6) is 0 Å². The summed E-state index contributed by atoms with van der Waals surface area (Å²) in [6.07, 6.45) is 5.95. The molecule has 2 aliphatic rings. The minimum Gasteiger partial charge on any atom is -0.381 e. The highest BCUT2D eigenvalue weighted by molar-refractivity contribution is 5.35. The molecule has 3 rings (SSSR count). The van der Waals surface area contributed by atoms with Gasteiger partial charge in [0, 0.05) is 18.6 Å². The van der Waals surface area contributed by atoms with Crippen LogP contribution in [0.15, 0.2) is 18.2 Å². The summed E-state index contributed by atoms with van der Waals surface area (Å²) in [5, 5.41) is 0. The molecule has 3 N–H and O–H groups in total. The Morgan fingerprint density at radius 1 is 1.33 bits per heavy atom. The first kappa shape index (κ1) is 12.2. The molecule has 18 heavy (non-hydrogen) atoms. The topological polar surface area (TPSA) is 47.3 Å². The van der Waals surface area contributed by atoms with E-state index in [9.17, 15) is 0 Å². The lowest BCUT2D eigenvalue weighted by molar-refractivity contribution is 0.176. The highest BCUT2D eigenvalue weighted by Crippen LogP contribution is 2.25. The molecule has 98 valence electrons. The standard InChI is InChI=1S/C15H22N2O/c16-17-15(14-6-7-18-10-14)9-11-4-5-12-2-1-3-13(12)8-11/h4-5,8,14-15,17H,1-3,6-7,9-10,16H2. The summed E-state index contributed by atoms with van der Waals surface area (Å²) < 4.78 is 5.46. The number of rotatable bonds is 4. The van der Waals surface area contributed by atoms with Gasteiger partial charge in [0.25, 0.3) is 0 Å². The van der Waals surface area contributed by atoms with Crippen LogP contribution in [-0.2, 0) is 24.0 Å². The van der Waals surface area contributed by atoms with E-state index in [1.807, 2.05) is 0 Å². The van der Waals surface area contributed by atoms with Crippen molar-refractivity contribution in [1.82, 2.24) is 5.43 Å². The molecular formula is C15H22N2O. The smallest absolute Gasteiger partial charge is 0.0510 e. The van der Waals surface area contributed by atoms with Gasteiger partial charge in [-0.2, -0.15) is 0 Å². The fourth-order valence-electron chi connectivity index (χ4n) is 3.24. The molecule has 1 aromatic rings. The fourth-order valence-corrected chi connectivity index (χ4v) is 3.24. The second-order valence-electron chi connectivity index (χ2n) is 5.56. The minimum absolute atomic E-state index is 0.340. The highest BCUT2D eigenvalue weighted by atomic mass is 16.5. The zero-order valence-corrected chi connectivity index (χ0v) is 10.8. The van der Waals surface area contributed by atoms with Gasteiger partial charge < -0.3 is 4.74 Å². The first-order chi connectivity index (χ1) is 8.86. The Hall–Kier alpha value is -0.900. The van der Waals surface area contributed by atoms with Gasteiger partial charge in [-0.15, -0.1) is 0 Å². The SMILES string of the molecule is NNC(Cc1ccc2c(c1)CCC2)C1CCOC1. The van der Waals surface area contributed by atoms with Gasteiger partial charge in [-0.05, 0) is 48.8 Å². The molecule has 0 radical (unpaired) electrons. The summed E-state index contributed by atoms with van der Waals surface area (Å²) in [4.78, 5) is 0. The maximum Gasteiger partial charge on any atom is 0.0510 e. The maximum absolute atomic E-state index is 5.71. The summed E-state index contributed by atoms with van der Waals surface area (Å²) >= 11 is 0. The van der Waals surface area contributed by atoms with Gasteiger partial charge in [0.2, 0.25) is 0 Å². The lowest BCUT2D eigenvalue weighted by Crippen LogP contribution is -2.42. The number of hydrogen-bond donors (Lipinski definition) is 2. The Morgan fingerprint density at radius 3 is 3.00 bits per heavy atom. The van der Waals surface area contributed by atoms with E-state index in [1.54, 1.807) is 11.1 Å². The van der Waals surface area contributed by atoms with E-state index in [0.29, 0.717) is 12.0 Å². The first-order valence-electron chi connectivity index (χ1n) is 7.01. The van der Waals surface area contributed by atoms with Crippen molar-refractivity contribution >= 4 is 0 Å². The van der Waals surface area contributed by atoms with Crippen LogP contribution in [0.1, 0.15) is 29.5 Å². The Balaban J connectivity index is 1.70. The Bertz CT molecular complexity index is 413. The van der Waals surface area contributed by atoms with Gasteiger partial charge >= 0.3 is 0 Å². The second-order valence-corrected chi connectivity index (χ2v) is 5.56. The average molecular weight is 246 g/mol. The molecule has 1 aromatic carbocycles. The van der Waals surface area contributed by atoms with Crippen molar-refractivity contribution in [3.05, 3.63) is 34.9 Å². The molecule has 0 bridgehead atoms. The Labute approximate surface area is 109 Å². The average Bonchev–Trinajstić information content (AvgIpc) is 3.06. The van der Waals surface area contributed by atoms with E-state index in [-0.39, 0.29) is 0 Å². The van der Waals surface area contributed by atoms with E-state index < -0.39 is 0 Å². The normalized spacial score (nSPS) is 24.2. The molecule has 1 heterocycles. The van der Waals surface area contributed by atoms with E-state index >= 15 is 0 Å². The van der Waals surface area contributed by atoms with E-state index in [0.717, 1.165) is 26.1 Å². The van der Waals surface area contributed by atoms with Gasteiger partial charge in [0.1, 0.15) is 0 Å². The minimum atomic E-state index is 0.340. The molecule has 0 saturated carbocycles. The van der Waals surface area contributed by atoms with Crippen LogP contribution in [0, 0.1) is 5.92 Å². The molecule has 2 unspecified atom stereocenters. The van der Waals surface area contributed by atoms with Crippen molar-refractivity contribution in [3.8, 4) is 0 Å². The summed E-state index contributed by atoms with van der Waals surface area (Å²) in [6, 6.07) is 7.29. The number of aryl methyl sites for hydroxylation is 2. The molecule has 1 aliphatic carbocycles. The predicted octanol–water partition coefficient (Wildman–Crippen LogP) is 1.59. The third-order valence-corrected chi connectivity index (χ3v) is 4.37. The van der Waals surface area contributed by atoms with Crippen molar-refractivity contribution < 1.29 is 4.74 Å². The second kappa shape index (κ2) is 5.39. The van der Waals surface area contributed by atoms with Crippen molar-refractivity contribution in [2.75, 3.05) is 13.2 Å². The molecular weight excluding hydrogens is 224 g/mol. The quantitative estimate of drug-likeness (QED) is 0.626. The van der Waals surface area contributed by atoms with Crippen molar-refractivity contribution in [2.45, 2.75) is 38.1 Å². The van der Waals surface area contributed by atoms with Crippen LogP contribution in [0.3, 0.4) is 0 Å². The predicted molar refractivity (Wildman–Crippen MR) is 72.2 cm³/mol. The van der Waals surface area contributed by atoms with Crippen molar-refractivity contribution in [1.29, 1.82) is 0 Å². The van der Waals surface area contributed by atoms with Gasteiger partial charge in [-0.3, -0.25) is 11.3 Å². The number of ether oxygens (including phenoxy) is 1. The number of benzene rings is 1. The summed E-state index contributed by atoms with van der Waals surface area (Å²) in [6.45, 7) is 1.73. The molecule has 0 amide bonds. The van der Waals surface area contributed by atoms with Gasteiger partial charge in [0.05, 0.1) is 6.61 Å². The van der Waals surface area contributed by atoms with E-state index in [2.05, 4.69) is 23.6 Å². The number of hydrogen-bond acceptors (Lipinski definition) is 3. The largest absolute Gasteiger partial charge is 0.381 e. The third-order valence-electron chi connectivity index (χ3n) is 4.37. The molecule has 2 atom stereocenters. The van der Waals surface area contributed by atoms with Crippen LogP contribution in [0.4, 0.5) is 0 Å². The molecule has 3 heteroatoms. The number of nitrogens with one attached hydrogen (secondary N) is 1. The molecule has 1 fully saturated rings. The van der Waals surface area contributed by atoms with Crippen LogP contribution in [0.2, 0.25) is 0 Å². The molecule has 0 spiro atoms. The lowest BCUT2D eigenvalue weighted by atomic mass is 9.92. The molecule has 1 aliphatic heterocycles. The molecule has 3 nitrogen and oxygen atoms in total.